The predicted octanol–water partition coefficient (Wildman–Crippen LogP) is 6.57. The van der Waals surface area contributed by atoms with Gasteiger partial charge in [0.2, 0.25) is 4.80 Å². The zero-order chi connectivity index (χ0) is 20.9. The number of aromatic nitrogens is 1. The Hall–Kier alpha value is -2.67. The molecule has 0 atom stereocenters. The molecule has 0 saturated carbocycles. The predicted molar refractivity (Wildman–Crippen MR) is 128 cm³/mol. The van der Waals surface area contributed by atoms with Gasteiger partial charge in [0, 0.05) is 20.6 Å². The largest absolute Gasteiger partial charge is 0.497 e. The van der Waals surface area contributed by atoms with Crippen LogP contribution in [0.5, 0.6) is 5.75 Å². The van der Waals surface area contributed by atoms with Crippen molar-refractivity contribution in [1.82, 2.24) is 4.57 Å². The van der Waals surface area contributed by atoms with E-state index in [9.17, 15) is 0 Å². The lowest BCUT2D eigenvalue weighted by Gasteiger charge is -2.09. The van der Waals surface area contributed by atoms with Crippen LogP contribution in [0.4, 0.5) is 0 Å². The smallest absolute Gasteiger partial charge is 0.215 e. The maximum absolute atomic E-state index is 6.26. The van der Waals surface area contributed by atoms with E-state index in [1.54, 1.807) is 13.3 Å². The summed E-state index contributed by atoms with van der Waals surface area (Å²) in [5, 5.41) is 11.5. The number of ether oxygens (including phenoxy) is 1. The Morgan fingerprint density at radius 3 is 2.50 bits per heavy atom. The highest BCUT2D eigenvalue weighted by atomic mass is 79.9. The Morgan fingerprint density at radius 1 is 1.03 bits per heavy atom. The molecular formula is C23H17BrClN3OS. The fourth-order valence-electron chi connectivity index (χ4n) is 2.90. The van der Waals surface area contributed by atoms with Gasteiger partial charge in [-0.05, 0) is 65.7 Å². The van der Waals surface area contributed by atoms with Crippen molar-refractivity contribution in [2.75, 3.05) is 7.11 Å². The summed E-state index contributed by atoms with van der Waals surface area (Å²) in [6.07, 6.45) is 1.72. The standard InChI is InChI=1S/C23H17BrClN3OS/c1-29-21-11-5-16(6-12-21)14-26-27-23-28(20-4-2-3-19(25)13-20)22(15-30-23)17-7-9-18(24)10-8-17/h2-15H,1H3. The highest BCUT2D eigenvalue weighted by Crippen LogP contribution is 2.26. The van der Waals surface area contributed by atoms with E-state index in [4.69, 9.17) is 16.3 Å². The Labute approximate surface area is 191 Å². The second kappa shape index (κ2) is 9.43. The molecule has 1 aromatic heterocycles. The molecule has 0 amide bonds. The van der Waals surface area contributed by atoms with Crippen LogP contribution in [0, 0.1) is 0 Å². The first-order valence-electron chi connectivity index (χ1n) is 9.07. The summed E-state index contributed by atoms with van der Waals surface area (Å²) >= 11 is 11.3. The molecule has 0 aliphatic carbocycles. The van der Waals surface area contributed by atoms with E-state index in [1.165, 1.54) is 11.3 Å². The van der Waals surface area contributed by atoms with E-state index in [1.807, 2.05) is 60.7 Å². The van der Waals surface area contributed by atoms with Gasteiger partial charge in [-0.3, -0.25) is 4.57 Å². The quantitative estimate of drug-likeness (QED) is 0.227. The number of benzene rings is 3. The minimum atomic E-state index is 0.667. The van der Waals surface area contributed by atoms with Crippen molar-refractivity contribution in [3.8, 4) is 22.7 Å². The molecule has 4 nitrogen and oxygen atoms in total. The van der Waals surface area contributed by atoms with E-state index in [2.05, 4.69) is 48.2 Å². The van der Waals surface area contributed by atoms with Gasteiger partial charge in [-0.15, -0.1) is 16.4 Å². The number of rotatable bonds is 5. The van der Waals surface area contributed by atoms with E-state index in [0.717, 1.165) is 37.5 Å². The minimum absolute atomic E-state index is 0.667. The first kappa shape index (κ1) is 20.6. The average Bonchev–Trinajstić information content (AvgIpc) is 3.18. The molecule has 3 aromatic carbocycles. The van der Waals surface area contributed by atoms with E-state index in [0.29, 0.717) is 5.02 Å². The monoisotopic (exact) mass is 497 g/mol. The normalized spacial score (nSPS) is 11.9. The third-order valence-corrected chi connectivity index (χ3v) is 5.96. The summed E-state index contributed by atoms with van der Waals surface area (Å²) in [6, 6.07) is 23.5. The van der Waals surface area contributed by atoms with Gasteiger partial charge in [0.15, 0.2) is 0 Å². The van der Waals surface area contributed by atoms with Crippen molar-refractivity contribution in [2.24, 2.45) is 10.2 Å². The highest BCUT2D eigenvalue weighted by Gasteiger charge is 2.10. The zero-order valence-electron chi connectivity index (χ0n) is 16.0. The van der Waals surface area contributed by atoms with Crippen LogP contribution in [0.1, 0.15) is 5.56 Å². The molecule has 0 N–H and O–H groups in total. The number of hydrogen-bond donors (Lipinski definition) is 0. The van der Waals surface area contributed by atoms with Gasteiger partial charge in [-0.25, -0.2) is 0 Å². The van der Waals surface area contributed by atoms with Crippen molar-refractivity contribution in [1.29, 1.82) is 0 Å². The first-order chi connectivity index (χ1) is 14.6. The number of halogens is 2. The number of hydrogen-bond acceptors (Lipinski definition) is 4. The fourth-order valence-corrected chi connectivity index (χ4v) is 4.21. The molecule has 0 unspecified atom stereocenters. The molecule has 0 saturated heterocycles. The maximum Gasteiger partial charge on any atom is 0.215 e. The van der Waals surface area contributed by atoms with Crippen molar-refractivity contribution >= 4 is 45.1 Å². The van der Waals surface area contributed by atoms with Crippen LogP contribution < -0.4 is 9.54 Å². The van der Waals surface area contributed by atoms with Gasteiger partial charge in [-0.1, -0.05) is 45.7 Å². The molecule has 0 aliphatic rings. The summed E-state index contributed by atoms with van der Waals surface area (Å²) in [6.45, 7) is 0. The SMILES string of the molecule is COc1ccc(C=NN=c2scc(-c3ccc(Br)cc3)n2-c2cccc(Cl)c2)cc1. The second-order valence-corrected chi connectivity index (χ2v) is 8.53. The van der Waals surface area contributed by atoms with Crippen LogP contribution in [-0.2, 0) is 0 Å². The molecule has 7 heteroatoms. The highest BCUT2D eigenvalue weighted by molar-refractivity contribution is 9.10. The van der Waals surface area contributed by atoms with Crippen molar-refractivity contribution in [2.45, 2.75) is 0 Å². The Morgan fingerprint density at radius 2 is 1.80 bits per heavy atom. The number of methoxy groups -OCH3 is 1. The van der Waals surface area contributed by atoms with Gasteiger partial charge in [0.05, 0.1) is 19.0 Å². The van der Waals surface area contributed by atoms with Crippen LogP contribution in [0.3, 0.4) is 0 Å². The summed E-state index contributed by atoms with van der Waals surface area (Å²) in [5.74, 6) is 0.806. The molecule has 0 spiro atoms. The molecule has 0 aliphatic heterocycles. The van der Waals surface area contributed by atoms with Crippen LogP contribution in [0.2, 0.25) is 5.02 Å². The van der Waals surface area contributed by atoms with Crippen molar-refractivity contribution in [3.63, 3.8) is 0 Å². The maximum atomic E-state index is 6.26. The topological polar surface area (TPSA) is 38.9 Å². The van der Waals surface area contributed by atoms with Gasteiger partial charge in [-0.2, -0.15) is 5.10 Å². The van der Waals surface area contributed by atoms with Crippen molar-refractivity contribution in [3.05, 3.63) is 98.0 Å². The van der Waals surface area contributed by atoms with Gasteiger partial charge in [0.25, 0.3) is 0 Å². The summed E-state index contributed by atoms with van der Waals surface area (Å²) in [7, 11) is 1.65. The van der Waals surface area contributed by atoms with Crippen LogP contribution in [0.15, 0.2) is 92.9 Å². The van der Waals surface area contributed by atoms with Gasteiger partial charge < -0.3 is 4.74 Å². The lowest BCUT2D eigenvalue weighted by atomic mass is 10.1. The Balaban J connectivity index is 1.78. The molecular weight excluding hydrogens is 482 g/mol. The fraction of sp³-hybridized carbons (Fsp3) is 0.0435. The number of nitrogens with zero attached hydrogens (tertiary/aromatic N) is 3. The van der Waals surface area contributed by atoms with E-state index in [-0.39, 0.29) is 0 Å². The average molecular weight is 499 g/mol. The molecule has 0 radical (unpaired) electrons. The lowest BCUT2D eigenvalue weighted by molar-refractivity contribution is 0.415. The molecule has 1 heterocycles. The summed E-state index contributed by atoms with van der Waals surface area (Å²) < 4.78 is 8.28. The molecule has 4 rings (SSSR count). The molecule has 0 bridgehead atoms. The zero-order valence-corrected chi connectivity index (χ0v) is 19.2. The molecule has 30 heavy (non-hydrogen) atoms. The van der Waals surface area contributed by atoms with Crippen molar-refractivity contribution < 1.29 is 4.74 Å². The first-order valence-corrected chi connectivity index (χ1v) is 11.1. The van der Waals surface area contributed by atoms with Gasteiger partial charge in [0.1, 0.15) is 5.75 Å². The van der Waals surface area contributed by atoms with Crippen LogP contribution >= 0.6 is 38.9 Å². The van der Waals surface area contributed by atoms with E-state index >= 15 is 0 Å². The van der Waals surface area contributed by atoms with E-state index < -0.39 is 0 Å². The molecule has 4 aromatic rings. The minimum Gasteiger partial charge on any atom is -0.497 e. The number of thiazole rings is 1. The third-order valence-electron chi connectivity index (χ3n) is 4.38. The van der Waals surface area contributed by atoms with Crippen LogP contribution in [0.25, 0.3) is 16.9 Å². The van der Waals surface area contributed by atoms with Gasteiger partial charge >= 0.3 is 0 Å². The lowest BCUT2D eigenvalue weighted by Crippen LogP contribution is -2.13. The Bertz CT molecular complexity index is 1240. The third kappa shape index (κ3) is 4.73. The summed E-state index contributed by atoms with van der Waals surface area (Å²) in [5.41, 5.74) is 3.97. The second-order valence-electron chi connectivity index (χ2n) is 6.34. The molecule has 150 valence electrons. The Kier molecular flexibility index (Phi) is 6.47. The van der Waals surface area contributed by atoms with Crippen LogP contribution in [-0.4, -0.2) is 17.9 Å². The summed E-state index contributed by atoms with van der Waals surface area (Å²) in [4.78, 5) is 0.750. The molecule has 0 fully saturated rings.